The molecule has 5 nitrogen and oxygen atoms in total. The molecule has 0 radical (unpaired) electrons. The van der Waals surface area contributed by atoms with Crippen LogP contribution >= 0.6 is 9.90 Å². The fourth-order valence-corrected chi connectivity index (χ4v) is 1.13. The minimum atomic E-state index is -0.292. The Morgan fingerprint density at radius 2 is 2.19 bits per heavy atom. The molecular weight excluding hydrogens is 227 g/mol. The molecule has 0 saturated carbocycles. The van der Waals surface area contributed by atoms with E-state index in [1.807, 2.05) is 0 Å². The maximum absolute atomic E-state index is 11.4. The SMILES string of the molecule is CCNC(=O)c1ccc(C=O)c(N=O)c1.P. The number of hydrogen-bond donors (Lipinski definition) is 1. The van der Waals surface area contributed by atoms with E-state index in [2.05, 4.69) is 10.5 Å². The first-order valence-corrected chi connectivity index (χ1v) is 4.43. The normalized spacial score (nSPS) is 8.81. The van der Waals surface area contributed by atoms with Crippen LogP contribution in [0.2, 0.25) is 0 Å². The highest BCUT2D eigenvalue weighted by atomic mass is 31.0. The van der Waals surface area contributed by atoms with Crippen molar-refractivity contribution in [2.75, 3.05) is 6.54 Å². The van der Waals surface area contributed by atoms with Crippen molar-refractivity contribution in [2.24, 2.45) is 5.18 Å². The Bertz CT molecular complexity index is 407. The first-order chi connectivity index (χ1) is 7.22. The van der Waals surface area contributed by atoms with E-state index in [9.17, 15) is 14.5 Å². The number of rotatable bonds is 4. The second-order valence-electron chi connectivity index (χ2n) is 2.84. The van der Waals surface area contributed by atoms with Gasteiger partial charge in [0.15, 0.2) is 6.29 Å². The number of nitrogens with one attached hydrogen (secondary N) is 1. The standard InChI is InChI=1S/C10H10N2O3.H3P/c1-2-11-10(14)7-3-4-8(6-13)9(5-7)12-15;/h3-6H,2H2,1H3,(H,11,14);1H3. The Balaban J connectivity index is 0.00000225. The lowest BCUT2D eigenvalue weighted by Gasteiger charge is -2.02. The van der Waals surface area contributed by atoms with Crippen LogP contribution < -0.4 is 5.32 Å². The van der Waals surface area contributed by atoms with Gasteiger partial charge in [0.1, 0.15) is 5.69 Å². The molecular formula is C10H13N2O3P. The van der Waals surface area contributed by atoms with Gasteiger partial charge in [-0.2, -0.15) is 9.90 Å². The molecule has 1 aromatic carbocycles. The third-order valence-corrected chi connectivity index (χ3v) is 1.86. The van der Waals surface area contributed by atoms with Crippen LogP contribution in [0.15, 0.2) is 23.4 Å². The molecule has 1 N–H and O–H groups in total. The van der Waals surface area contributed by atoms with E-state index in [4.69, 9.17) is 0 Å². The van der Waals surface area contributed by atoms with Crippen molar-refractivity contribution < 1.29 is 9.59 Å². The van der Waals surface area contributed by atoms with E-state index >= 15 is 0 Å². The minimum absolute atomic E-state index is 0. The molecule has 0 fully saturated rings. The second-order valence-corrected chi connectivity index (χ2v) is 2.84. The van der Waals surface area contributed by atoms with Gasteiger partial charge in [-0.05, 0) is 30.3 Å². The number of benzene rings is 1. The van der Waals surface area contributed by atoms with Crippen LogP contribution in [0, 0.1) is 4.91 Å². The molecule has 0 heterocycles. The van der Waals surface area contributed by atoms with Crippen molar-refractivity contribution >= 4 is 27.8 Å². The van der Waals surface area contributed by atoms with Crippen molar-refractivity contribution in [1.82, 2.24) is 5.32 Å². The fourth-order valence-electron chi connectivity index (χ4n) is 1.13. The summed E-state index contributed by atoms with van der Waals surface area (Å²) in [6.45, 7) is 2.29. The molecule has 1 aromatic rings. The maximum atomic E-state index is 11.4. The second kappa shape index (κ2) is 6.80. The Morgan fingerprint density at radius 1 is 1.50 bits per heavy atom. The number of hydrogen-bond acceptors (Lipinski definition) is 4. The van der Waals surface area contributed by atoms with Gasteiger partial charge in [-0.3, -0.25) is 9.59 Å². The first-order valence-electron chi connectivity index (χ1n) is 4.43. The molecule has 0 bridgehead atoms. The molecule has 0 aliphatic heterocycles. The Kier molecular flexibility index (Phi) is 6.11. The van der Waals surface area contributed by atoms with Gasteiger partial charge in [0.25, 0.3) is 5.91 Å². The van der Waals surface area contributed by atoms with Crippen molar-refractivity contribution in [3.8, 4) is 0 Å². The van der Waals surface area contributed by atoms with Crippen molar-refractivity contribution in [1.29, 1.82) is 0 Å². The maximum Gasteiger partial charge on any atom is 0.251 e. The van der Waals surface area contributed by atoms with Crippen LogP contribution in [-0.2, 0) is 0 Å². The van der Waals surface area contributed by atoms with E-state index in [1.165, 1.54) is 18.2 Å². The number of amides is 1. The van der Waals surface area contributed by atoms with Crippen LogP contribution in [0.1, 0.15) is 27.6 Å². The number of nitrogens with zero attached hydrogens (tertiary/aromatic N) is 1. The summed E-state index contributed by atoms with van der Waals surface area (Å²) in [5.41, 5.74) is 0.476. The van der Waals surface area contributed by atoms with Gasteiger partial charge in [-0.1, -0.05) is 0 Å². The largest absolute Gasteiger partial charge is 0.352 e. The summed E-state index contributed by atoms with van der Waals surface area (Å²) in [6.07, 6.45) is 0.526. The predicted octanol–water partition coefficient (Wildman–Crippen LogP) is 1.70. The summed E-state index contributed by atoms with van der Waals surface area (Å²) >= 11 is 0. The molecule has 1 unspecified atom stereocenters. The van der Waals surface area contributed by atoms with Gasteiger partial charge in [-0.25, -0.2) is 0 Å². The quantitative estimate of drug-likeness (QED) is 0.494. The summed E-state index contributed by atoms with van der Waals surface area (Å²) in [6, 6.07) is 4.17. The molecule has 6 heteroatoms. The van der Waals surface area contributed by atoms with Gasteiger partial charge in [0.05, 0.1) is 0 Å². The number of aldehydes is 1. The highest BCUT2D eigenvalue weighted by Crippen LogP contribution is 2.18. The molecule has 1 amide bonds. The molecule has 16 heavy (non-hydrogen) atoms. The van der Waals surface area contributed by atoms with E-state index in [0.717, 1.165) is 0 Å². The molecule has 0 aromatic heterocycles. The highest BCUT2D eigenvalue weighted by molar-refractivity contribution is 6.92. The van der Waals surface area contributed by atoms with Gasteiger partial charge >= 0.3 is 0 Å². The lowest BCUT2D eigenvalue weighted by atomic mass is 10.1. The van der Waals surface area contributed by atoms with Crippen LogP contribution in [0.3, 0.4) is 0 Å². The lowest BCUT2D eigenvalue weighted by molar-refractivity contribution is 0.0955. The minimum Gasteiger partial charge on any atom is -0.352 e. The zero-order chi connectivity index (χ0) is 11.3. The van der Waals surface area contributed by atoms with Crippen LogP contribution in [0.25, 0.3) is 0 Å². The fraction of sp³-hybridized carbons (Fsp3) is 0.200. The van der Waals surface area contributed by atoms with Crippen molar-refractivity contribution in [2.45, 2.75) is 6.92 Å². The molecule has 0 aliphatic carbocycles. The highest BCUT2D eigenvalue weighted by Gasteiger charge is 2.08. The topological polar surface area (TPSA) is 75.6 Å². The Morgan fingerprint density at radius 3 is 2.69 bits per heavy atom. The van der Waals surface area contributed by atoms with Crippen LogP contribution in [0.4, 0.5) is 5.69 Å². The smallest absolute Gasteiger partial charge is 0.251 e. The van der Waals surface area contributed by atoms with Gasteiger partial charge in [0, 0.05) is 17.7 Å². The molecule has 0 saturated heterocycles. The zero-order valence-electron chi connectivity index (χ0n) is 8.90. The third-order valence-electron chi connectivity index (χ3n) is 1.86. The van der Waals surface area contributed by atoms with E-state index < -0.39 is 0 Å². The number of nitroso groups, excluding NO2 is 1. The van der Waals surface area contributed by atoms with Gasteiger partial charge in [0.2, 0.25) is 0 Å². The molecule has 1 atom stereocenters. The summed E-state index contributed by atoms with van der Waals surface area (Å²) in [7, 11) is 0. The lowest BCUT2D eigenvalue weighted by Crippen LogP contribution is -2.22. The number of carbonyl (C=O) groups is 2. The van der Waals surface area contributed by atoms with Gasteiger partial charge in [-0.15, -0.1) is 4.91 Å². The Hall–Kier alpha value is -1.61. The number of carbonyl (C=O) groups excluding carboxylic acids is 2. The molecule has 0 spiro atoms. The Labute approximate surface area is 96.2 Å². The summed E-state index contributed by atoms with van der Waals surface area (Å²) < 4.78 is 0. The average Bonchev–Trinajstić information content (AvgIpc) is 2.28. The summed E-state index contributed by atoms with van der Waals surface area (Å²) in [5, 5.41) is 5.26. The van der Waals surface area contributed by atoms with Crippen LogP contribution in [0.5, 0.6) is 0 Å². The predicted molar refractivity (Wildman–Crippen MR) is 66.4 cm³/mol. The summed E-state index contributed by atoms with van der Waals surface area (Å²) in [4.78, 5) is 32.2. The van der Waals surface area contributed by atoms with Crippen molar-refractivity contribution in [3.63, 3.8) is 0 Å². The van der Waals surface area contributed by atoms with Crippen molar-refractivity contribution in [3.05, 3.63) is 34.2 Å². The third kappa shape index (κ3) is 3.21. The van der Waals surface area contributed by atoms with E-state index in [0.29, 0.717) is 18.4 Å². The van der Waals surface area contributed by atoms with Crippen LogP contribution in [-0.4, -0.2) is 18.7 Å². The van der Waals surface area contributed by atoms with E-state index in [1.54, 1.807) is 6.92 Å². The zero-order valence-corrected chi connectivity index (χ0v) is 10.3. The molecule has 86 valence electrons. The monoisotopic (exact) mass is 240 g/mol. The molecule has 0 aliphatic rings. The summed E-state index contributed by atoms with van der Waals surface area (Å²) in [5.74, 6) is -0.292. The van der Waals surface area contributed by atoms with Gasteiger partial charge < -0.3 is 5.32 Å². The molecule has 1 rings (SSSR count). The first kappa shape index (κ1) is 14.4. The average molecular weight is 240 g/mol. The van der Waals surface area contributed by atoms with E-state index in [-0.39, 0.29) is 27.1 Å².